The molecule has 6 aromatic rings. The molecule has 0 atom stereocenters. The summed E-state index contributed by atoms with van der Waals surface area (Å²) in [6.07, 6.45) is 0. The van der Waals surface area contributed by atoms with E-state index in [9.17, 15) is 0 Å². The van der Waals surface area contributed by atoms with E-state index in [0.717, 1.165) is 51.0 Å². The summed E-state index contributed by atoms with van der Waals surface area (Å²) in [6, 6.07) is 21.0. The van der Waals surface area contributed by atoms with Crippen LogP contribution in [0, 0.1) is 27.7 Å². The number of aromatic nitrogens is 6. The van der Waals surface area contributed by atoms with Crippen LogP contribution in [0.3, 0.4) is 0 Å². The van der Waals surface area contributed by atoms with Crippen molar-refractivity contribution in [2.75, 3.05) is 0 Å². The number of imidazole rings is 2. The van der Waals surface area contributed by atoms with Crippen LogP contribution in [-0.4, -0.2) is 28.5 Å². The Morgan fingerprint density at radius 3 is 2.23 bits per heavy atom. The molecular formula is C25H22N6. The minimum Gasteiger partial charge on any atom is -0.298 e. The van der Waals surface area contributed by atoms with E-state index in [-0.39, 0.29) is 0 Å². The van der Waals surface area contributed by atoms with Crippen molar-refractivity contribution < 1.29 is 0 Å². The van der Waals surface area contributed by atoms with Crippen LogP contribution in [0.2, 0.25) is 0 Å². The molecule has 6 rings (SSSR count). The fraction of sp³-hybridized carbons (Fsp3) is 0.160. The summed E-state index contributed by atoms with van der Waals surface area (Å²) in [5.74, 6) is 2.42. The van der Waals surface area contributed by atoms with E-state index in [4.69, 9.17) is 15.0 Å². The molecule has 31 heavy (non-hydrogen) atoms. The highest BCUT2D eigenvalue weighted by molar-refractivity contribution is 5.90. The third-order valence-electron chi connectivity index (χ3n) is 5.98. The first-order chi connectivity index (χ1) is 15.0. The van der Waals surface area contributed by atoms with Crippen molar-refractivity contribution in [1.82, 2.24) is 28.5 Å². The summed E-state index contributed by atoms with van der Waals surface area (Å²) in [5, 5.41) is 0. The maximum absolute atomic E-state index is 4.96. The molecule has 0 radical (unpaired) electrons. The molecule has 0 spiro atoms. The number of nitrogens with zero attached hydrogens (tertiary/aromatic N) is 6. The van der Waals surface area contributed by atoms with Gasteiger partial charge in [0.25, 0.3) is 0 Å². The number of hydrogen-bond donors (Lipinski definition) is 0. The standard InChI is InChI=1S/C25H22N6/c1-15-9-5-6-10-19(15)30-18(4)28-23-24(30)26-17(3)27-25(23)31-21-12-8-7-11-20(21)29-16(2)13-14-22(29)31/h5-14H,1-4H3. The van der Waals surface area contributed by atoms with E-state index < -0.39 is 0 Å². The Hall–Kier alpha value is -3.93. The lowest BCUT2D eigenvalue weighted by Crippen LogP contribution is -2.05. The largest absolute Gasteiger partial charge is 0.298 e. The third-order valence-corrected chi connectivity index (χ3v) is 5.98. The maximum Gasteiger partial charge on any atom is 0.170 e. The highest BCUT2D eigenvalue weighted by Gasteiger charge is 2.22. The van der Waals surface area contributed by atoms with Crippen molar-refractivity contribution in [2.45, 2.75) is 27.7 Å². The monoisotopic (exact) mass is 406 g/mol. The van der Waals surface area contributed by atoms with Crippen LogP contribution in [0.15, 0.2) is 60.7 Å². The number of hydrogen-bond acceptors (Lipinski definition) is 3. The Morgan fingerprint density at radius 2 is 1.42 bits per heavy atom. The predicted octanol–water partition coefficient (Wildman–Crippen LogP) is 5.25. The van der Waals surface area contributed by atoms with Gasteiger partial charge in [-0.25, -0.2) is 15.0 Å². The van der Waals surface area contributed by atoms with Gasteiger partial charge in [-0.2, -0.15) is 0 Å². The van der Waals surface area contributed by atoms with Gasteiger partial charge in [-0.1, -0.05) is 30.3 Å². The van der Waals surface area contributed by atoms with Crippen molar-refractivity contribution in [1.29, 1.82) is 0 Å². The molecule has 4 heterocycles. The number of aryl methyl sites for hydroxylation is 4. The van der Waals surface area contributed by atoms with Crippen molar-refractivity contribution in [3.05, 3.63) is 83.6 Å². The Bertz CT molecular complexity index is 1630. The SMILES string of the molecule is Cc1nc(-n2c3ccccc3n3c(C)ccc23)c2nc(C)n(-c3ccccc3C)c2n1. The van der Waals surface area contributed by atoms with E-state index in [1.165, 1.54) is 11.3 Å². The summed E-state index contributed by atoms with van der Waals surface area (Å²) >= 11 is 0. The predicted molar refractivity (Wildman–Crippen MR) is 123 cm³/mol. The summed E-state index contributed by atoms with van der Waals surface area (Å²) in [5.41, 5.74) is 8.41. The van der Waals surface area contributed by atoms with Gasteiger partial charge in [0.15, 0.2) is 17.0 Å². The molecule has 0 aliphatic rings. The molecule has 4 aromatic heterocycles. The van der Waals surface area contributed by atoms with Crippen LogP contribution in [-0.2, 0) is 0 Å². The average molecular weight is 406 g/mol. The first-order valence-corrected chi connectivity index (χ1v) is 10.4. The summed E-state index contributed by atoms with van der Waals surface area (Å²) in [7, 11) is 0. The van der Waals surface area contributed by atoms with Gasteiger partial charge in [0.05, 0.1) is 16.7 Å². The molecule has 2 aromatic carbocycles. The van der Waals surface area contributed by atoms with Gasteiger partial charge in [0.1, 0.15) is 17.3 Å². The van der Waals surface area contributed by atoms with Crippen LogP contribution in [0.25, 0.3) is 39.3 Å². The van der Waals surface area contributed by atoms with E-state index in [1.54, 1.807) is 0 Å². The zero-order chi connectivity index (χ0) is 21.3. The molecule has 0 unspecified atom stereocenters. The average Bonchev–Trinajstić information content (AvgIpc) is 3.39. The van der Waals surface area contributed by atoms with Gasteiger partial charge in [-0.05, 0) is 63.6 Å². The van der Waals surface area contributed by atoms with Crippen molar-refractivity contribution >= 4 is 27.8 Å². The molecule has 6 heteroatoms. The third kappa shape index (κ3) is 2.42. The molecule has 0 amide bonds. The molecule has 152 valence electrons. The van der Waals surface area contributed by atoms with Crippen molar-refractivity contribution in [3.63, 3.8) is 0 Å². The summed E-state index contributed by atoms with van der Waals surface area (Å²) in [6.45, 7) is 8.21. The van der Waals surface area contributed by atoms with E-state index in [2.05, 4.69) is 88.0 Å². The Kier molecular flexibility index (Phi) is 3.63. The molecule has 0 aliphatic carbocycles. The van der Waals surface area contributed by atoms with Crippen LogP contribution in [0.5, 0.6) is 0 Å². The van der Waals surface area contributed by atoms with Gasteiger partial charge in [-0.3, -0.25) is 13.5 Å². The van der Waals surface area contributed by atoms with E-state index in [1.807, 2.05) is 13.8 Å². The summed E-state index contributed by atoms with van der Waals surface area (Å²) in [4.78, 5) is 14.7. The van der Waals surface area contributed by atoms with Crippen molar-refractivity contribution in [3.8, 4) is 11.5 Å². The maximum atomic E-state index is 4.96. The highest BCUT2D eigenvalue weighted by atomic mass is 15.2. The minimum atomic E-state index is 0.719. The molecule has 0 saturated carbocycles. The first-order valence-electron chi connectivity index (χ1n) is 10.4. The van der Waals surface area contributed by atoms with Crippen LogP contribution >= 0.6 is 0 Å². The lowest BCUT2D eigenvalue weighted by atomic mass is 10.2. The number of para-hydroxylation sites is 3. The molecule has 0 aliphatic heterocycles. The summed E-state index contributed by atoms with van der Waals surface area (Å²) < 4.78 is 6.60. The zero-order valence-corrected chi connectivity index (χ0v) is 18.0. The fourth-order valence-corrected chi connectivity index (χ4v) is 4.62. The smallest absolute Gasteiger partial charge is 0.170 e. The van der Waals surface area contributed by atoms with Crippen LogP contribution < -0.4 is 0 Å². The van der Waals surface area contributed by atoms with Gasteiger partial charge < -0.3 is 0 Å². The fourth-order valence-electron chi connectivity index (χ4n) is 4.62. The zero-order valence-electron chi connectivity index (χ0n) is 18.0. The lowest BCUT2D eigenvalue weighted by molar-refractivity contribution is 0.958. The molecular weight excluding hydrogens is 384 g/mol. The number of fused-ring (bicyclic) bond motifs is 4. The number of rotatable bonds is 2. The van der Waals surface area contributed by atoms with Crippen molar-refractivity contribution in [2.24, 2.45) is 0 Å². The van der Waals surface area contributed by atoms with Crippen LogP contribution in [0.4, 0.5) is 0 Å². The topological polar surface area (TPSA) is 52.9 Å². The molecule has 0 bridgehead atoms. The molecule has 0 saturated heterocycles. The van der Waals surface area contributed by atoms with E-state index in [0.29, 0.717) is 0 Å². The molecule has 0 N–H and O–H groups in total. The van der Waals surface area contributed by atoms with Gasteiger partial charge in [0.2, 0.25) is 0 Å². The second-order valence-electron chi connectivity index (χ2n) is 8.04. The minimum absolute atomic E-state index is 0.719. The van der Waals surface area contributed by atoms with Gasteiger partial charge in [-0.15, -0.1) is 0 Å². The normalized spacial score (nSPS) is 11.9. The molecule has 0 fully saturated rings. The second-order valence-corrected chi connectivity index (χ2v) is 8.04. The lowest BCUT2D eigenvalue weighted by Gasteiger charge is -2.11. The van der Waals surface area contributed by atoms with Gasteiger partial charge >= 0.3 is 0 Å². The van der Waals surface area contributed by atoms with Crippen LogP contribution in [0.1, 0.15) is 22.9 Å². The Balaban J connectivity index is 1.77. The Labute approximate surface area is 179 Å². The second kappa shape index (κ2) is 6.28. The number of benzene rings is 2. The molecule has 6 nitrogen and oxygen atoms in total. The van der Waals surface area contributed by atoms with E-state index >= 15 is 0 Å². The first kappa shape index (κ1) is 17.9. The quantitative estimate of drug-likeness (QED) is 0.395. The Morgan fingerprint density at radius 1 is 0.677 bits per heavy atom. The van der Waals surface area contributed by atoms with Gasteiger partial charge in [0, 0.05) is 5.69 Å². The highest BCUT2D eigenvalue weighted by Crippen LogP contribution is 2.31.